The van der Waals surface area contributed by atoms with E-state index in [-0.39, 0.29) is 5.54 Å². The van der Waals surface area contributed by atoms with Gasteiger partial charge in [0.25, 0.3) is 0 Å². The zero-order chi connectivity index (χ0) is 13.5. The van der Waals surface area contributed by atoms with E-state index in [0.29, 0.717) is 0 Å². The maximum Gasteiger partial charge on any atom is 0.164 e. The van der Waals surface area contributed by atoms with E-state index in [2.05, 4.69) is 78.0 Å². The van der Waals surface area contributed by atoms with Crippen LogP contribution in [0.2, 0.25) is 0 Å². The van der Waals surface area contributed by atoms with Crippen LogP contribution in [0.3, 0.4) is 0 Å². The molecule has 0 saturated carbocycles. The molecule has 19 heavy (non-hydrogen) atoms. The molecule has 1 heterocycles. The maximum atomic E-state index is 4.27. The molecule has 0 bridgehead atoms. The third kappa shape index (κ3) is 2.12. The van der Waals surface area contributed by atoms with Crippen molar-refractivity contribution in [3.63, 3.8) is 0 Å². The van der Waals surface area contributed by atoms with Crippen LogP contribution in [0.15, 0.2) is 48.8 Å². The Bertz CT molecular complexity index is 720. The fourth-order valence-corrected chi connectivity index (χ4v) is 2.25. The molecule has 2 aromatic carbocycles. The molecule has 0 saturated heterocycles. The van der Waals surface area contributed by atoms with Crippen LogP contribution < -0.4 is 0 Å². The fourth-order valence-electron chi connectivity index (χ4n) is 2.25. The van der Waals surface area contributed by atoms with Crippen molar-refractivity contribution in [3.8, 4) is 11.4 Å². The molecule has 0 aliphatic heterocycles. The highest BCUT2D eigenvalue weighted by Gasteiger charge is 2.18. The Labute approximate surface area is 112 Å². The minimum atomic E-state index is -0.0233. The van der Waals surface area contributed by atoms with Crippen molar-refractivity contribution < 1.29 is 0 Å². The lowest BCUT2D eigenvalue weighted by Gasteiger charge is -2.22. The van der Waals surface area contributed by atoms with Gasteiger partial charge in [-0.15, -0.1) is 10.2 Å². The number of fused-ring (bicyclic) bond motifs is 1. The number of benzene rings is 2. The van der Waals surface area contributed by atoms with Crippen LogP contribution in [0.5, 0.6) is 0 Å². The van der Waals surface area contributed by atoms with E-state index >= 15 is 0 Å². The summed E-state index contributed by atoms with van der Waals surface area (Å²) in [6.07, 6.45) is 1.80. The number of hydrogen-bond acceptors (Lipinski definition) is 2. The summed E-state index contributed by atoms with van der Waals surface area (Å²) in [5.74, 6) is 0.915. The summed E-state index contributed by atoms with van der Waals surface area (Å²) in [5, 5.41) is 10.8. The predicted octanol–water partition coefficient (Wildman–Crippen LogP) is 3.85. The first-order chi connectivity index (χ1) is 9.05. The van der Waals surface area contributed by atoms with E-state index in [1.807, 2.05) is 0 Å². The van der Waals surface area contributed by atoms with Crippen LogP contribution in [0, 0.1) is 0 Å². The Kier molecular flexibility index (Phi) is 2.63. The molecule has 3 heteroatoms. The molecule has 3 nitrogen and oxygen atoms in total. The van der Waals surface area contributed by atoms with Gasteiger partial charge < -0.3 is 4.57 Å². The molecule has 3 rings (SSSR count). The van der Waals surface area contributed by atoms with Crippen molar-refractivity contribution in [1.29, 1.82) is 0 Å². The van der Waals surface area contributed by atoms with Crippen LogP contribution in [-0.2, 0) is 5.54 Å². The molecule has 0 fully saturated rings. The Morgan fingerprint density at radius 1 is 0.947 bits per heavy atom. The van der Waals surface area contributed by atoms with E-state index in [0.717, 1.165) is 11.4 Å². The van der Waals surface area contributed by atoms with Crippen molar-refractivity contribution in [2.24, 2.45) is 0 Å². The smallest absolute Gasteiger partial charge is 0.164 e. The summed E-state index contributed by atoms with van der Waals surface area (Å²) in [7, 11) is 0. The summed E-state index contributed by atoms with van der Waals surface area (Å²) in [6.45, 7) is 6.46. The number of rotatable bonds is 1. The van der Waals surface area contributed by atoms with Gasteiger partial charge in [-0.3, -0.25) is 0 Å². The zero-order valence-corrected chi connectivity index (χ0v) is 11.5. The minimum absolute atomic E-state index is 0.0233. The summed E-state index contributed by atoms with van der Waals surface area (Å²) >= 11 is 0. The fraction of sp³-hybridized carbons (Fsp3) is 0.250. The molecule has 0 N–H and O–H groups in total. The average Bonchev–Trinajstić information content (AvgIpc) is 2.87. The lowest BCUT2D eigenvalue weighted by molar-refractivity contribution is 0.400. The van der Waals surface area contributed by atoms with Gasteiger partial charge in [0.2, 0.25) is 0 Å². The van der Waals surface area contributed by atoms with Crippen LogP contribution in [-0.4, -0.2) is 14.8 Å². The molecule has 0 aliphatic carbocycles. The second kappa shape index (κ2) is 4.19. The lowest BCUT2D eigenvalue weighted by atomic mass is 10.0. The molecule has 0 amide bonds. The molecule has 96 valence electrons. The van der Waals surface area contributed by atoms with Crippen molar-refractivity contribution in [3.05, 3.63) is 48.8 Å². The summed E-state index contributed by atoms with van der Waals surface area (Å²) in [5.41, 5.74) is 1.08. The van der Waals surface area contributed by atoms with E-state index in [1.54, 1.807) is 6.33 Å². The van der Waals surface area contributed by atoms with Gasteiger partial charge in [-0.2, -0.15) is 0 Å². The lowest BCUT2D eigenvalue weighted by Crippen LogP contribution is -2.21. The third-order valence-electron chi connectivity index (χ3n) is 3.28. The minimum Gasteiger partial charge on any atom is -0.308 e. The largest absolute Gasteiger partial charge is 0.308 e. The monoisotopic (exact) mass is 251 g/mol. The summed E-state index contributed by atoms with van der Waals surface area (Å²) in [6, 6.07) is 14.8. The van der Waals surface area contributed by atoms with Gasteiger partial charge >= 0.3 is 0 Å². The first-order valence-corrected chi connectivity index (χ1v) is 6.45. The number of aromatic nitrogens is 3. The molecule has 0 spiro atoms. The zero-order valence-electron chi connectivity index (χ0n) is 11.5. The molecule has 0 unspecified atom stereocenters. The standard InChI is InChI=1S/C16H17N3/c1-16(2,3)19-11-17-18-15(19)14-9-8-12-6-4-5-7-13(12)10-14/h4-11H,1-3H3. The molecule has 1 aromatic heterocycles. The highest BCUT2D eigenvalue weighted by atomic mass is 15.3. The number of hydrogen-bond donors (Lipinski definition) is 0. The van der Waals surface area contributed by atoms with Gasteiger partial charge in [-0.25, -0.2) is 0 Å². The van der Waals surface area contributed by atoms with Gasteiger partial charge in [0.1, 0.15) is 6.33 Å². The highest BCUT2D eigenvalue weighted by molar-refractivity contribution is 5.86. The Balaban J connectivity index is 2.17. The van der Waals surface area contributed by atoms with Gasteiger partial charge in [-0.1, -0.05) is 36.4 Å². The molecule has 0 radical (unpaired) electrons. The first kappa shape index (κ1) is 11.9. The average molecular weight is 251 g/mol. The van der Waals surface area contributed by atoms with Crippen LogP contribution >= 0.6 is 0 Å². The van der Waals surface area contributed by atoms with Gasteiger partial charge in [-0.05, 0) is 37.6 Å². The van der Waals surface area contributed by atoms with E-state index < -0.39 is 0 Å². The number of nitrogens with zero attached hydrogens (tertiary/aromatic N) is 3. The molecular formula is C16H17N3. The third-order valence-corrected chi connectivity index (χ3v) is 3.28. The van der Waals surface area contributed by atoms with Crippen molar-refractivity contribution in [1.82, 2.24) is 14.8 Å². The SMILES string of the molecule is CC(C)(C)n1cnnc1-c1ccc2ccccc2c1. The Hall–Kier alpha value is -2.16. The Morgan fingerprint density at radius 3 is 2.42 bits per heavy atom. The molecule has 0 atom stereocenters. The van der Waals surface area contributed by atoms with Crippen LogP contribution in [0.1, 0.15) is 20.8 Å². The topological polar surface area (TPSA) is 30.7 Å². The second-order valence-electron chi connectivity index (χ2n) is 5.76. The normalized spacial score (nSPS) is 11.9. The molecular weight excluding hydrogens is 234 g/mol. The van der Waals surface area contributed by atoms with E-state index in [9.17, 15) is 0 Å². The van der Waals surface area contributed by atoms with E-state index in [4.69, 9.17) is 0 Å². The molecule has 3 aromatic rings. The van der Waals surface area contributed by atoms with Crippen LogP contribution in [0.25, 0.3) is 22.2 Å². The quantitative estimate of drug-likeness (QED) is 0.657. The highest BCUT2D eigenvalue weighted by Crippen LogP contribution is 2.26. The molecule has 0 aliphatic rings. The Morgan fingerprint density at radius 2 is 1.68 bits per heavy atom. The second-order valence-corrected chi connectivity index (χ2v) is 5.76. The predicted molar refractivity (Wildman–Crippen MR) is 78.0 cm³/mol. The maximum absolute atomic E-state index is 4.27. The summed E-state index contributed by atoms with van der Waals surface area (Å²) < 4.78 is 2.11. The van der Waals surface area contributed by atoms with Crippen molar-refractivity contribution in [2.45, 2.75) is 26.3 Å². The van der Waals surface area contributed by atoms with E-state index in [1.165, 1.54) is 10.8 Å². The van der Waals surface area contributed by atoms with Gasteiger partial charge in [0.05, 0.1) is 0 Å². The van der Waals surface area contributed by atoms with Gasteiger partial charge in [0, 0.05) is 11.1 Å². The van der Waals surface area contributed by atoms with Crippen molar-refractivity contribution in [2.75, 3.05) is 0 Å². The van der Waals surface area contributed by atoms with Crippen LogP contribution in [0.4, 0.5) is 0 Å². The first-order valence-electron chi connectivity index (χ1n) is 6.45. The van der Waals surface area contributed by atoms with Gasteiger partial charge in [0.15, 0.2) is 5.82 Å². The summed E-state index contributed by atoms with van der Waals surface area (Å²) in [4.78, 5) is 0. The van der Waals surface area contributed by atoms with Crippen molar-refractivity contribution >= 4 is 10.8 Å².